The second kappa shape index (κ2) is 37.4. The molecule has 0 aliphatic rings. The van der Waals surface area contributed by atoms with E-state index in [2.05, 4.69) is 50.3 Å². The molecular weight excluding hydrogens is 677 g/mol. The molecule has 0 aromatic carbocycles. The SMILES string of the molecule is CC/C=C/C=C/C=C/C=C/CCCCCC(=O)OC(COC(=O)CCCCCCC/C=C/C=C/C=C/C=C/C=C/CCC)COP(=O)(O)OCCN. The highest BCUT2D eigenvalue weighted by Crippen LogP contribution is 2.43. The van der Waals surface area contributed by atoms with E-state index in [0.717, 1.165) is 70.6 Å². The second-order valence-corrected chi connectivity index (χ2v) is 13.4. The first kappa shape index (κ1) is 48.7. The monoisotopic (exact) mass is 743 g/mol. The van der Waals surface area contributed by atoms with Crippen molar-refractivity contribution in [2.45, 2.75) is 116 Å². The van der Waals surface area contributed by atoms with E-state index in [-0.39, 0.29) is 32.6 Å². The Balaban J connectivity index is 4.37. The number of rotatable bonds is 33. The fraction of sp³-hybridized carbons (Fsp3) is 0.524. The van der Waals surface area contributed by atoms with Crippen LogP contribution in [0.4, 0.5) is 0 Å². The summed E-state index contributed by atoms with van der Waals surface area (Å²) in [7, 11) is -4.40. The lowest BCUT2D eigenvalue weighted by Crippen LogP contribution is -2.29. The number of allylic oxidation sites excluding steroid dienone is 18. The predicted octanol–water partition coefficient (Wildman–Crippen LogP) is 10.4. The molecule has 0 rings (SSSR count). The number of carbonyl (C=O) groups is 2. The van der Waals surface area contributed by atoms with Gasteiger partial charge in [0, 0.05) is 19.4 Å². The third-order valence-electron chi connectivity index (χ3n) is 7.10. The third kappa shape index (κ3) is 36.5. The van der Waals surface area contributed by atoms with Crippen molar-refractivity contribution in [3.05, 3.63) is 109 Å². The quantitative estimate of drug-likeness (QED) is 0.0291. The lowest BCUT2D eigenvalue weighted by molar-refractivity contribution is -0.161. The Kier molecular flexibility index (Phi) is 35.0. The molecule has 0 radical (unpaired) electrons. The van der Waals surface area contributed by atoms with Crippen LogP contribution >= 0.6 is 7.82 Å². The second-order valence-electron chi connectivity index (χ2n) is 11.9. The highest BCUT2D eigenvalue weighted by molar-refractivity contribution is 7.47. The van der Waals surface area contributed by atoms with E-state index in [1.54, 1.807) is 0 Å². The predicted molar refractivity (Wildman–Crippen MR) is 214 cm³/mol. The lowest BCUT2D eigenvalue weighted by atomic mass is 10.1. The number of esters is 2. The number of phosphoric ester groups is 1. The van der Waals surface area contributed by atoms with E-state index in [4.69, 9.17) is 24.3 Å². The molecule has 2 atom stereocenters. The Morgan fingerprint density at radius 1 is 0.596 bits per heavy atom. The number of hydrogen-bond donors (Lipinski definition) is 2. The van der Waals surface area contributed by atoms with Crippen molar-refractivity contribution in [2.24, 2.45) is 5.73 Å². The van der Waals surface area contributed by atoms with Gasteiger partial charge in [0.05, 0.1) is 13.2 Å². The summed E-state index contributed by atoms with van der Waals surface area (Å²) in [5.41, 5.74) is 5.32. The molecule has 0 fully saturated rings. The minimum Gasteiger partial charge on any atom is -0.462 e. The van der Waals surface area contributed by atoms with Gasteiger partial charge in [-0.1, -0.05) is 155 Å². The summed E-state index contributed by atoms with van der Waals surface area (Å²) >= 11 is 0. The molecule has 0 heterocycles. The molecule has 0 aliphatic carbocycles. The van der Waals surface area contributed by atoms with Crippen LogP contribution in [0.1, 0.15) is 110 Å². The van der Waals surface area contributed by atoms with Gasteiger partial charge in [-0.05, 0) is 51.4 Å². The van der Waals surface area contributed by atoms with Gasteiger partial charge in [-0.25, -0.2) is 4.57 Å². The van der Waals surface area contributed by atoms with Gasteiger partial charge in [-0.3, -0.25) is 18.6 Å². The van der Waals surface area contributed by atoms with Crippen LogP contribution in [0, 0.1) is 0 Å². The fourth-order valence-corrected chi connectivity index (χ4v) is 5.08. The standard InChI is InChI=1S/C42H66NO8P/c1-3-5-7-9-11-13-15-17-18-19-20-21-23-24-26-28-30-32-34-41(44)48-38-40(39-50-52(46,47)49-37-36-43)51-42(45)35-33-31-29-27-25-22-16-14-12-10-8-6-4-2/h6-22,25,40H,3-5,23-24,26-39,43H2,1-2H3,(H,46,47)/b8-6+,9-7+,12-10+,13-11+,16-14+,17-15+,19-18+,21-20+,25-22+. The third-order valence-corrected chi connectivity index (χ3v) is 8.08. The van der Waals surface area contributed by atoms with Crippen LogP contribution in [0.2, 0.25) is 0 Å². The maximum Gasteiger partial charge on any atom is 0.472 e. The largest absolute Gasteiger partial charge is 0.472 e. The molecule has 2 unspecified atom stereocenters. The zero-order valence-electron chi connectivity index (χ0n) is 31.7. The molecule has 52 heavy (non-hydrogen) atoms. The van der Waals surface area contributed by atoms with Gasteiger partial charge in [0.1, 0.15) is 6.61 Å². The van der Waals surface area contributed by atoms with Crippen LogP contribution in [-0.4, -0.2) is 49.3 Å². The summed E-state index contributed by atoms with van der Waals surface area (Å²) in [4.78, 5) is 34.7. The Labute approximate surface area is 314 Å². The van der Waals surface area contributed by atoms with E-state index in [0.29, 0.717) is 12.8 Å². The first-order chi connectivity index (χ1) is 25.3. The number of hydrogen-bond acceptors (Lipinski definition) is 8. The number of ether oxygens (including phenoxy) is 2. The van der Waals surface area contributed by atoms with E-state index in [1.165, 1.54) is 0 Å². The zero-order valence-corrected chi connectivity index (χ0v) is 32.6. The zero-order chi connectivity index (χ0) is 38.2. The maximum absolute atomic E-state index is 12.5. The van der Waals surface area contributed by atoms with Crippen LogP contribution in [0.25, 0.3) is 0 Å². The van der Waals surface area contributed by atoms with Gasteiger partial charge >= 0.3 is 19.8 Å². The Bertz CT molecular complexity index is 1210. The molecule has 0 aromatic heterocycles. The summed E-state index contributed by atoms with van der Waals surface area (Å²) in [5, 5.41) is 0. The van der Waals surface area contributed by atoms with Crippen LogP contribution in [0.3, 0.4) is 0 Å². The van der Waals surface area contributed by atoms with E-state index in [1.807, 2.05) is 72.9 Å². The first-order valence-electron chi connectivity index (χ1n) is 19.0. The maximum atomic E-state index is 12.5. The summed E-state index contributed by atoms with van der Waals surface area (Å²) in [5.74, 6) is -0.920. The van der Waals surface area contributed by atoms with E-state index in [9.17, 15) is 19.0 Å². The van der Waals surface area contributed by atoms with Crippen LogP contribution < -0.4 is 5.73 Å². The molecule has 0 saturated heterocycles. The molecular formula is C42H66NO8P. The van der Waals surface area contributed by atoms with Crippen LogP contribution in [-0.2, 0) is 32.7 Å². The molecule has 3 N–H and O–H groups in total. The normalized spacial score (nSPS) is 14.6. The number of unbranched alkanes of at least 4 members (excludes halogenated alkanes) is 9. The Morgan fingerprint density at radius 3 is 1.60 bits per heavy atom. The number of phosphoric acid groups is 1. The van der Waals surface area contributed by atoms with Crippen molar-refractivity contribution < 1.29 is 37.6 Å². The molecule has 292 valence electrons. The lowest BCUT2D eigenvalue weighted by Gasteiger charge is -2.19. The topological polar surface area (TPSA) is 134 Å². The van der Waals surface area contributed by atoms with Gasteiger partial charge in [0.15, 0.2) is 6.10 Å². The molecule has 10 heteroatoms. The number of nitrogens with two attached hydrogens (primary N) is 1. The Morgan fingerprint density at radius 2 is 1.06 bits per heavy atom. The summed E-state index contributed by atoms with van der Waals surface area (Å²) in [6, 6.07) is 0. The Hall–Kier alpha value is -3.33. The molecule has 0 spiro atoms. The van der Waals surface area contributed by atoms with Crippen molar-refractivity contribution in [1.29, 1.82) is 0 Å². The van der Waals surface area contributed by atoms with Gasteiger partial charge in [0.25, 0.3) is 0 Å². The van der Waals surface area contributed by atoms with E-state index < -0.39 is 32.5 Å². The molecule has 9 nitrogen and oxygen atoms in total. The van der Waals surface area contributed by atoms with Crippen LogP contribution in [0.5, 0.6) is 0 Å². The summed E-state index contributed by atoms with van der Waals surface area (Å²) in [6.45, 7) is 3.37. The highest BCUT2D eigenvalue weighted by atomic mass is 31.2. The average Bonchev–Trinajstić information content (AvgIpc) is 3.13. The molecule has 0 aromatic rings. The molecule has 0 amide bonds. The summed E-state index contributed by atoms with van der Waals surface area (Å²) in [6.07, 6.45) is 48.3. The minimum atomic E-state index is -4.40. The van der Waals surface area contributed by atoms with Crippen molar-refractivity contribution in [1.82, 2.24) is 0 Å². The van der Waals surface area contributed by atoms with Crippen molar-refractivity contribution >= 4 is 19.8 Å². The number of carbonyl (C=O) groups excluding carboxylic acids is 2. The highest BCUT2D eigenvalue weighted by Gasteiger charge is 2.25. The molecule has 0 bridgehead atoms. The first-order valence-corrected chi connectivity index (χ1v) is 20.5. The van der Waals surface area contributed by atoms with Crippen LogP contribution in [0.15, 0.2) is 109 Å². The average molecular weight is 744 g/mol. The van der Waals surface area contributed by atoms with Gasteiger partial charge < -0.3 is 20.1 Å². The van der Waals surface area contributed by atoms with Crippen molar-refractivity contribution in [3.63, 3.8) is 0 Å². The molecule has 0 aliphatic heterocycles. The minimum absolute atomic E-state index is 0.0354. The molecule has 0 saturated carbocycles. The van der Waals surface area contributed by atoms with Crippen molar-refractivity contribution in [2.75, 3.05) is 26.4 Å². The van der Waals surface area contributed by atoms with Gasteiger partial charge in [0.2, 0.25) is 0 Å². The fourth-order valence-electron chi connectivity index (χ4n) is 4.32. The summed E-state index contributed by atoms with van der Waals surface area (Å²) < 4.78 is 32.6. The smallest absolute Gasteiger partial charge is 0.462 e. The van der Waals surface area contributed by atoms with Crippen molar-refractivity contribution in [3.8, 4) is 0 Å². The van der Waals surface area contributed by atoms with Gasteiger partial charge in [-0.15, -0.1) is 0 Å². The van der Waals surface area contributed by atoms with E-state index >= 15 is 0 Å². The van der Waals surface area contributed by atoms with Gasteiger partial charge in [-0.2, -0.15) is 0 Å².